The molecule has 1 aromatic rings. The van der Waals surface area contributed by atoms with E-state index < -0.39 is 12.0 Å². The predicted molar refractivity (Wildman–Crippen MR) is 78.4 cm³/mol. The van der Waals surface area contributed by atoms with Gasteiger partial charge >= 0.3 is 5.97 Å². The van der Waals surface area contributed by atoms with E-state index in [2.05, 4.69) is 0 Å². The number of hydrogen-bond donors (Lipinski definition) is 1. The first-order valence-electron chi connectivity index (χ1n) is 7.19. The Bertz CT molecular complexity index is 529. The van der Waals surface area contributed by atoms with E-state index >= 15 is 0 Å². The fourth-order valence-electron chi connectivity index (χ4n) is 2.88. The van der Waals surface area contributed by atoms with Crippen molar-refractivity contribution in [3.63, 3.8) is 0 Å². The van der Waals surface area contributed by atoms with E-state index in [0.717, 1.165) is 17.7 Å². The molecular formula is C16H21NO4. The number of carbonyl (C=O) groups excluding carboxylic acids is 1. The van der Waals surface area contributed by atoms with Crippen molar-refractivity contribution < 1.29 is 19.4 Å². The summed E-state index contributed by atoms with van der Waals surface area (Å²) in [5.41, 5.74) is 0.972. The molecule has 1 unspecified atom stereocenters. The van der Waals surface area contributed by atoms with Crippen molar-refractivity contribution in [2.45, 2.75) is 38.1 Å². The number of rotatable bonds is 5. The van der Waals surface area contributed by atoms with Crippen molar-refractivity contribution in [3.05, 3.63) is 29.8 Å². The topological polar surface area (TPSA) is 66.8 Å². The number of carbonyl (C=O) groups is 2. The molecule has 5 nitrogen and oxygen atoms in total. The summed E-state index contributed by atoms with van der Waals surface area (Å²) in [5.74, 6) is -0.262. The Morgan fingerprint density at radius 1 is 1.43 bits per heavy atom. The van der Waals surface area contributed by atoms with Crippen molar-refractivity contribution in [1.29, 1.82) is 0 Å². The predicted octanol–water partition coefficient (Wildman–Crippen LogP) is 2.26. The molecule has 5 heteroatoms. The Hall–Kier alpha value is -2.04. The number of amides is 1. The van der Waals surface area contributed by atoms with Gasteiger partial charge in [-0.3, -0.25) is 4.79 Å². The normalized spacial score (nSPS) is 19.3. The summed E-state index contributed by atoms with van der Waals surface area (Å²) < 4.78 is 5.31. The minimum absolute atomic E-state index is 0.0105. The first-order valence-corrected chi connectivity index (χ1v) is 7.19. The van der Waals surface area contributed by atoms with Crippen LogP contribution in [-0.2, 0) is 9.59 Å². The number of ether oxygens (including phenoxy) is 1. The maximum Gasteiger partial charge on any atom is 0.326 e. The largest absolute Gasteiger partial charge is 0.496 e. The highest BCUT2D eigenvalue weighted by molar-refractivity contribution is 5.84. The molecular weight excluding hydrogens is 270 g/mol. The van der Waals surface area contributed by atoms with Crippen molar-refractivity contribution in [3.8, 4) is 5.75 Å². The van der Waals surface area contributed by atoms with Crippen LogP contribution in [0.1, 0.15) is 37.7 Å². The third-order valence-electron chi connectivity index (χ3n) is 4.01. The van der Waals surface area contributed by atoms with Gasteiger partial charge in [-0.05, 0) is 30.4 Å². The minimum atomic E-state index is -0.911. The maximum absolute atomic E-state index is 12.4. The maximum atomic E-state index is 12.4. The molecule has 0 radical (unpaired) electrons. The van der Waals surface area contributed by atoms with Gasteiger partial charge in [-0.1, -0.05) is 25.1 Å². The van der Waals surface area contributed by atoms with E-state index in [4.69, 9.17) is 9.84 Å². The second kappa shape index (κ2) is 6.61. The van der Waals surface area contributed by atoms with Crippen LogP contribution in [0.3, 0.4) is 0 Å². The van der Waals surface area contributed by atoms with Gasteiger partial charge in [0.15, 0.2) is 0 Å². The van der Waals surface area contributed by atoms with Gasteiger partial charge in [0.25, 0.3) is 0 Å². The molecule has 0 aromatic heterocycles. The highest BCUT2D eigenvalue weighted by Crippen LogP contribution is 2.30. The molecule has 1 saturated heterocycles. The molecule has 1 amide bonds. The van der Waals surface area contributed by atoms with E-state index in [1.165, 1.54) is 4.90 Å². The summed E-state index contributed by atoms with van der Waals surface area (Å²) in [6.07, 6.45) is 1.60. The Balaban J connectivity index is 2.07. The van der Waals surface area contributed by atoms with E-state index in [9.17, 15) is 9.59 Å². The van der Waals surface area contributed by atoms with Gasteiger partial charge in [0.2, 0.25) is 5.91 Å². The summed E-state index contributed by atoms with van der Waals surface area (Å²) >= 11 is 0. The van der Waals surface area contributed by atoms with Crippen LogP contribution in [-0.4, -0.2) is 41.6 Å². The zero-order chi connectivity index (χ0) is 15.4. The average Bonchev–Trinajstić information content (AvgIpc) is 2.96. The second-order valence-electron chi connectivity index (χ2n) is 5.43. The van der Waals surface area contributed by atoms with E-state index in [1.807, 2.05) is 31.2 Å². The van der Waals surface area contributed by atoms with E-state index in [-0.39, 0.29) is 11.8 Å². The standard InChI is InChI=1S/C16H21NO4/c1-11(12-6-3-4-8-14(12)21-2)10-15(18)17-9-5-7-13(17)16(19)20/h3-4,6,8,11,13H,5,7,9-10H2,1-2H3,(H,19,20)/t11?,13-/m1/s1. The number of hydrogen-bond acceptors (Lipinski definition) is 3. The van der Waals surface area contributed by atoms with Gasteiger partial charge in [-0.15, -0.1) is 0 Å². The summed E-state index contributed by atoms with van der Waals surface area (Å²) in [7, 11) is 1.61. The molecule has 1 aliphatic rings. The number of carboxylic acids is 1. The number of methoxy groups -OCH3 is 1. The van der Waals surface area contributed by atoms with Gasteiger partial charge in [0.1, 0.15) is 11.8 Å². The molecule has 0 aliphatic carbocycles. The first-order chi connectivity index (χ1) is 10.0. The Kier molecular flexibility index (Phi) is 4.83. The van der Waals surface area contributed by atoms with E-state index in [0.29, 0.717) is 19.4 Å². The molecule has 1 N–H and O–H groups in total. The number of carboxylic acid groups (broad SMARTS) is 1. The lowest BCUT2D eigenvalue weighted by Gasteiger charge is -2.23. The number of para-hydroxylation sites is 1. The molecule has 1 aromatic carbocycles. The monoisotopic (exact) mass is 291 g/mol. The number of aliphatic carboxylic acids is 1. The highest BCUT2D eigenvalue weighted by Gasteiger charge is 2.34. The van der Waals surface area contributed by atoms with Crippen LogP contribution in [0.25, 0.3) is 0 Å². The Morgan fingerprint density at radius 2 is 2.14 bits per heavy atom. The molecule has 0 spiro atoms. The van der Waals surface area contributed by atoms with E-state index in [1.54, 1.807) is 7.11 Å². The third-order valence-corrected chi connectivity index (χ3v) is 4.01. The van der Waals surface area contributed by atoms with Gasteiger partial charge in [-0.25, -0.2) is 4.79 Å². The third kappa shape index (κ3) is 3.35. The molecule has 114 valence electrons. The molecule has 1 heterocycles. The van der Waals surface area contributed by atoms with Gasteiger partial charge < -0.3 is 14.7 Å². The van der Waals surface area contributed by atoms with Crippen LogP contribution < -0.4 is 4.74 Å². The lowest BCUT2D eigenvalue weighted by atomic mass is 9.96. The summed E-state index contributed by atoms with van der Waals surface area (Å²) in [6, 6.07) is 6.94. The van der Waals surface area contributed by atoms with Crippen LogP contribution in [0.5, 0.6) is 5.75 Å². The van der Waals surface area contributed by atoms with Crippen molar-refractivity contribution in [2.24, 2.45) is 0 Å². The Labute approximate surface area is 124 Å². The number of benzene rings is 1. The molecule has 0 saturated carbocycles. The zero-order valence-electron chi connectivity index (χ0n) is 12.4. The molecule has 1 fully saturated rings. The fourth-order valence-corrected chi connectivity index (χ4v) is 2.88. The molecule has 2 atom stereocenters. The minimum Gasteiger partial charge on any atom is -0.496 e. The van der Waals surface area contributed by atoms with Gasteiger partial charge in [0.05, 0.1) is 7.11 Å². The van der Waals surface area contributed by atoms with Crippen LogP contribution in [0.15, 0.2) is 24.3 Å². The zero-order valence-corrected chi connectivity index (χ0v) is 12.4. The van der Waals surface area contributed by atoms with Crippen molar-refractivity contribution in [1.82, 2.24) is 4.90 Å². The molecule has 21 heavy (non-hydrogen) atoms. The lowest BCUT2D eigenvalue weighted by Crippen LogP contribution is -2.40. The van der Waals surface area contributed by atoms with Crippen LogP contribution in [0.4, 0.5) is 0 Å². The average molecular weight is 291 g/mol. The molecule has 2 rings (SSSR count). The smallest absolute Gasteiger partial charge is 0.326 e. The number of likely N-dealkylation sites (tertiary alicyclic amines) is 1. The lowest BCUT2D eigenvalue weighted by molar-refractivity contribution is -0.148. The van der Waals surface area contributed by atoms with Crippen LogP contribution in [0, 0.1) is 0 Å². The first kappa shape index (κ1) is 15.4. The quantitative estimate of drug-likeness (QED) is 0.903. The molecule has 0 bridgehead atoms. The summed E-state index contributed by atoms with van der Waals surface area (Å²) in [5, 5.41) is 9.15. The summed E-state index contributed by atoms with van der Waals surface area (Å²) in [6.45, 7) is 2.50. The number of nitrogens with zero attached hydrogens (tertiary/aromatic N) is 1. The Morgan fingerprint density at radius 3 is 2.81 bits per heavy atom. The SMILES string of the molecule is COc1ccccc1C(C)CC(=O)N1CCC[C@@H]1C(=O)O. The van der Waals surface area contributed by atoms with Gasteiger partial charge in [0, 0.05) is 13.0 Å². The summed E-state index contributed by atoms with van der Waals surface area (Å²) in [4.78, 5) is 25.0. The van der Waals surface area contributed by atoms with Crippen molar-refractivity contribution >= 4 is 11.9 Å². The van der Waals surface area contributed by atoms with Crippen LogP contribution in [0.2, 0.25) is 0 Å². The van der Waals surface area contributed by atoms with Gasteiger partial charge in [-0.2, -0.15) is 0 Å². The molecule has 1 aliphatic heterocycles. The van der Waals surface area contributed by atoms with Crippen LogP contribution >= 0.6 is 0 Å². The fraction of sp³-hybridized carbons (Fsp3) is 0.500. The van der Waals surface area contributed by atoms with Crippen molar-refractivity contribution in [2.75, 3.05) is 13.7 Å². The highest BCUT2D eigenvalue weighted by atomic mass is 16.5. The second-order valence-corrected chi connectivity index (χ2v) is 5.43.